The van der Waals surface area contributed by atoms with E-state index in [0.717, 1.165) is 0 Å². The van der Waals surface area contributed by atoms with Crippen molar-refractivity contribution in [2.75, 3.05) is 0 Å². The summed E-state index contributed by atoms with van der Waals surface area (Å²) in [7, 11) is 0. The summed E-state index contributed by atoms with van der Waals surface area (Å²) in [6, 6.07) is 0. The Morgan fingerprint density at radius 1 is 1.00 bits per heavy atom. The van der Waals surface area contributed by atoms with E-state index in [0.29, 0.717) is 17.1 Å². The number of hydrogen-bond acceptors (Lipinski definition) is 0. The standard InChI is InChI=1S/2C5H5.Ru.2H/c2*1-2-4-5-3-1;;;/h2*1-3H,4H2;;;/q;;+2;2*-1. The molecule has 0 aliphatic heterocycles. The molecule has 0 saturated carbocycles. The number of hydrogen-bond donors (Lipinski definition) is 0. The van der Waals surface area contributed by atoms with Gasteiger partial charge < -0.3 is 2.85 Å². The van der Waals surface area contributed by atoms with Crippen LogP contribution >= 0.6 is 0 Å². The van der Waals surface area contributed by atoms with Gasteiger partial charge in [0.15, 0.2) is 0 Å². The van der Waals surface area contributed by atoms with Crippen LogP contribution in [0, 0.1) is 0 Å². The van der Waals surface area contributed by atoms with Crippen LogP contribution in [0.15, 0.2) is 44.8 Å². The minimum absolute atomic E-state index is 0. The predicted molar refractivity (Wildman–Crippen MR) is 45.9 cm³/mol. The average molecular weight is 233 g/mol. The molecule has 0 bridgehead atoms. The van der Waals surface area contributed by atoms with Crippen molar-refractivity contribution in [1.29, 1.82) is 0 Å². The normalized spacial score (nSPS) is 20.7. The molecule has 0 saturated heterocycles. The summed E-state index contributed by atoms with van der Waals surface area (Å²) in [5, 5.41) is 0. The van der Waals surface area contributed by atoms with E-state index in [2.05, 4.69) is 36.5 Å². The van der Waals surface area contributed by atoms with Gasteiger partial charge in [0.05, 0.1) is 0 Å². The van der Waals surface area contributed by atoms with Crippen LogP contribution in [0.4, 0.5) is 0 Å². The first kappa shape index (κ1) is 7.24. The molecule has 1 heteroatoms. The van der Waals surface area contributed by atoms with Crippen LogP contribution < -0.4 is 0 Å². The fourth-order valence-electron chi connectivity index (χ4n) is 1.11. The Kier molecular flexibility index (Phi) is 2.19. The maximum atomic E-state index is 2.28. The van der Waals surface area contributed by atoms with E-state index in [4.69, 9.17) is 0 Å². The fourth-order valence-corrected chi connectivity index (χ4v) is 3.21. The Morgan fingerprint density at radius 3 is 1.91 bits per heavy atom. The van der Waals surface area contributed by atoms with Crippen LogP contribution in [0.3, 0.4) is 0 Å². The molecule has 2 aliphatic carbocycles. The smallest absolute Gasteiger partial charge is 1.00 e. The van der Waals surface area contributed by atoms with Crippen LogP contribution in [-0.4, -0.2) is 0 Å². The summed E-state index contributed by atoms with van der Waals surface area (Å²) < 4.78 is 3.29. The van der Waals surface area contributed by atoms with Gasteiger partial charge in [-0.1, -0.05) is 0 Å². The minimum atomic E-state index is 0. The molecule has 0 spiro atoms. The fraction of sp³-hybridized carbons (Fsp3) is 0.200. The third kappa shape index (κ3) is 1.78. The molecule has 0 aromatic rings. The molecule has 0 fully saturated rings. The molecule has 2 aliphatic rings. The molecular formula is C10H12Ru. The summed E-state index contributed by atoms with van der Waals surface area (Å²) in [5.74, 6) is 0. The maximum Gasteiger partial charge on any atom is -1.00 e. The molecule has 0 N–H and O–H groups in total. The van der Waals surface area contributed by atoms with Gasteiger partial charge in [-0.25, -0.2) is 0 Å². The zero-order valence-corrected chi connectivity index (χ0v) is 7.97. The van der Waals surface area contributed by atoms with Gasteiger partial charge >= 0.3 is 74.8 Å². The number of rotatable bonds is 2. The monoisotopic (exact) mass is 234 g/mol. The summed E-state index contributed by atoms with van der Waals surface area (Å²) in [4.78, 5) is 0. The van der Waals surface area contributed by atoms with Crippen molar-refractivity contribution >= 4 is 0 Å². The largest absolute Gasteiger partial charge is 1.00 e. The first-order valence-corrected chi connectivity index (χ1v) is 5.53. The van der Waals surface area contributed by atoms with Crippen molar-refractivity contribution in [2.45, 2.75) is 12.8 Å². The molecule has 0 amide bonds. The van der Waals surface area contributed by atoms with Gasteiger partial charge in [-0.05, 0) is 0 Å². The van der Waals surface area contributed by atoms with Gasteiger partial charge in [0, 0.05) is 0 Å². The van der Waals surface area contributed by atoms with Gasteiger partial charge in [0.2, 0.25) is 0 Å². The van der Waals surface area contributed by atoms with Crippen LogP contribution in [0.2, 0.25) is 0 Å². The molecule has 0 atom stereocenters. The molecule has 60 valence electrons. The molecule has 0 heterocycles. The van der Waals surface area contributed by atoms with E-state index in [1.807, 2.05) is 0 Å². The Bertz CT molecular complexity index is 247. The molecule has 0 nitrogen and oxygen atoms in total. The predicted octanol–water partition coefficient (Wildman–Crippen LogP) is 2.98. The molecule has 11 heavy (non-hydrogen) atoms. The van der Waals surface area contributed by atoms with Gasteiger partial charge in [-0.2, -0.15) is 0 Å². The third-order valence-corrected chi connectivity index (χ3v) is 4.07. The van der Waals surface area contributed by atoms with Crippen molar-refractivity contribution in [3.63, 3.8) is 0 Å². The zero-order valence-electron chi connectivity index (χ0n) is 8.23. The maximum absolute atomic E-state index is 2.28. The van der Waals surface area contributed by atoms with Crippen molar-refractivity contribution in [2.24, 2.45) is 0 Å². The molecular weight excluding hydrogens is 221 g/mol. The van der Waals surface area contributed by atoms with Crippen LogP contribution in [0.1, 0.15) is 15.7 Å². The third-order valence-electron chi connectivity index (χ3n) is 1.66. The first-order chi connectivity index (χ1) is 5.45. The van der Waals surface area contributed by atoms with E-state index in [1.165, 1.54) is 12.8 Å². The minimum Gasteiger partial charge on any atom is -1.00 e. The second-order valence-electron chi connectivity index (χ2n) is 2.55. The SMILES string of the molecule is C1=CC[C]([Ru+2][C]2=CC=CC2)=C1.[H-].[H-]. The Morgan fingerprint density at radius 2 is 1.55 bits per heavy atom. The van der Waals surface area contributed by atoms with Crippen molar-refractivity contribution in [3.8, 4) is 0 Å². The molecule has 2 rings (SSSR count). The van der Waals surface area contributed by atoms with E-state index in [1.54, 1.807) is 8.33 Å². The van der Waals surface area contributed by atoms with Crippen molar-refractivity contribution in [1.82, 2.24) is 0 Å². The van der Waals surface area contributed by atoms with Crippen LogP contribution in [-0.2, 0) is 17.1 Å². The molecule has 0 aromatic carbocycles. The topological polar surface area (TPSA) is 0 Å². The molecule has 0 radical (unpaired) electrons. The second kappa shape index (κ2) is 3.32. The van der Waals surface area contributed by atoms with Crippen molar-refractivity contribution < 1.29 is 20.0 Å². The van der Waals surface area contributed by atoms with Crippen LogP contribution in [0.25, 0.3) is 0 Å². The van der Waals surface area contributed by atoms with Crippen molar-refractivity contribution in [3.05, 3.63) is 44.8 Å². The van der Waals surface area contributed by atoms with Gasteiger partial charge in [-0.15, -0.1) is 0 Å². The Labute approximate surface area is 77.9 Å². The summed E-state index contributed by atoms with van der Waals surface area (Å²) in [6.07, 6.45) is 15.8. The summed E-state index contributed by atoms with van der Waals surface area (Å²) >= 11 is 0.391. The summed E-state index contributed by atoms with van der Waals surface area (Å²) in [6.45, 7) is 0. The van der Waals surface area contributed by atoms with E-state index in [9.17, 15) is 0 Å². The second-order valence-corrected chi connectivity index (χ2v) is 5.22. The first-order valence-electron chi connectivity index (χ1n) is 3.79. The van der Waals surface area contributed by atoms with Gasteiger partial charge in [0.1, 0.15) is 0 Å². The molecule has 0 unspecified atom stereocenters. The van der Waals surface area contributed by atoms with E-state index < -0.39 is 0 Å². The quantitative estimate of drug-likeness (QED) is 0.643. The average Bonchev–Trinajstić information content (AvgIpc) is 2.60. The van der Waals surface area contributed by atoms with Crippen LogP contribution in [0.5, 0.6) is 0 Å². The van der Waals surface area contributed by atoms with Gasteiger partial charge in [-0.3, -0.25) is 0 Å². The Hall–Kier alpha value is -0.417. The van der Waals surface area contributed by atoms with E-state index in [-0.39, 0.29) is 2.85 Å². The van der Waals surface area contributed by atoms with E-state index >= 15 is 0 Å². The Balaban J connectivity index is 0.000000720. The molecule has 0 aromatic heterocycles. The van der Waals surface area contributed by atoms with Gasteiger partial charge in [0.25, 0.3) is 0 Å². The number of allylic oxidation sites excluding steroid dienone is 8. The zero-order chi connectivity index (χ0) is 7.52. The summed E-state index contributed by atoms with van der Waals surface area (Å²) in [5.41, 5.74) is 0.